The van der Waals surface area contributed by atoms with Crippen molar-refractivity contribution in [3.05, 3.63) is 54.0 Å². The SMILES string of the molecule is O=C(Nc1ccc(F)cc1)c1cccnc1OCC(F)(F)F. The fraction of sp³-hybridized carbons (Fsp3) is 0.143. The highest BCUT2D eigenvalue weighted by Crippen LogP contribution is 2.21. The third kappa shape index (κ3) is 4.44. The summed E-state index contributed by atoms with van der Waals surface area (Å²) >= 11 is 0. The first-order chi connectivity index (χ1) is 10.3. The number of alkyl halides is 3. The fourth-order valence-electron chi connectivity index (χ4n) is 1.56. The number of pyridine rings is 1. The van der Waals surface area contributed by atoms with E-state index < -0.39 is 30.4 Å². The van der Waals surface area contributed by atoms with Gasteiger partial charge in [-0.25, -0.2) is 9.37 Å². The van der Waals surface area contributed by atoms with Gasteiger partial charge in [-0.2, -0.15) is 13.2 Å². The number of ether oxygens (including phenoxy) is 1. The second kappa shape index (κ2) is 6.42. The zero-order valence-electron chi connectivity index (χ0n) is 11.0. The molecule has 4 nitrogen and oxygen atoms in total. The van der Waals surface area contributed by atoms with Gasteiger partial charge in [0.15, 0.2) is 6.61 Å². The Morgan fingerprint density at radius 1 is 1.18 bits per heavy atom. The lowest BCUT2D eigenvalue weighted by atomic mass is 10.2. The van der Waals surface area contributed by atoms with E-state index in [2.05, 4.69) is 15.0 Å². The van der Waals surface area contributed by atoms with Crippen LogP contribution in [-0.2, 0) is 0 Å². The number of nitrogens with one attached hydrogen (secondary N) is 1. The number of benzene rings is 1. The molecule has 2 aromatic rings. The molecule has 116 valence electrons. The van der Waals surface area contributed by atoms with Gasteiger partial charge >= 0.3 is 6.18 Å². The van der Waals surface area contributed by atoms with Gasteiger partial charge in [0.05, 0.1) is 0 Å². The van der Waals surface area contributed by atoms with Crippen LogP contribution in [0.15, 0.2) is 42.6 Å². The highest BCUT2D eigenvalue weighted by molar-refractivity contribution is 6.05. The van der Waals surface area contributed by atoms with Crippen molar-refractivity contribution in [2.45, 2.75) is 6.18 Å². The average molecular weight is 314 g/mol. The van der Waals surface area contributed by atoms with E-state index in [4.69, 9.17) is 0 Å². The molecule has 22 heavy (non-hydrogen) atoms. The minimum Gasteiger partial charge on any atom is -0.467 e. The van der Waals surface area contributed by atoms with Gasteiger partial charge in [0, 0.05) is 11.9 Å². The minimum atomic E-state index is -4.54. The first-order valence-corrected chi connectivity index (χ1v) is 6.06. The molecule has 0 unspecified atom stereocenters. The molecule has 1 aromatic carbocycles. The largest absolute Gasteiger partial charge is 0.467 e. The molecule has 0 atom stereocenters. The van der Waals surface area contributed by atoms with Gasteiger partial charge in [-0.3, -0.25) is 4.79 Å². The van der Waals surface area contributed by atoms with Crippen LogP contribution in [0.3, 0.4) is 0 Å². The monoisotopic (exact) mass is 314 g/mol. The Morgan fingerprint density at radius 3 is 2.50 bits per heavy atom. The molecule has 1 N–H and O–H groups in total. The van der Waals surface area contributed by atoms with E-state index in [0.717, 1.165) is 12.1 Å². The summed E-state index contributed by atoms with van der Waals surface area (Å²) in [6.45, 7) is -1.55. The lowest BCUT2D eigenvalue weighted by molar-refractivity contribution is -0.154. The summed E-state index contributed by atoms with van der Waals surface area (Å²) in [6, 6.07) is 7.58. The third-order valence-electron chi connectivity index (χ3n) is 2.49. The maximum absolute atomic E-state index is 12.8. The van der Waals surface area contributed by atoms with Crippen LogP contribution in [0.25, 0.3) is 0 Å². The van der Waals surface area contributed by atoms with E-state index in [1.807, 2.05) is 0 Å². The zero-order chi connectivity index (χ0) is 16.2. The molecule has 1 amide bonds. The lowest BCUT2D eigenvalue weighted by Gasteiger charge is -2.12. The smallest absolute Gasteiger partial charge is 0.422 e. The number of hydrogen-bond acceptors (Lipinski definition) is 3. The number of nitrogens with zero attached hydrogens (tertiary/aromatic N) is 1. The van der Waals surface area contributed by atoms with Gasteiger partial charge in [-0.15, -0.1) is 0 Å². The summed E-state index contributed by atoms with van der Waals surface area (Å²) < 4.78 is 53.8. The van der Waals surface area contributed by atoms with Gasteiger partial charge < -0.3 is 10.1 Å². The molecule has 8 heteroatoms. The second-order valence-electron chi connectivity index (χ2n) is 4.22. The number of carbonyl (C=O) groups is 1. The molecule has 0 aliphatic carbocycles. The van der Waals surface area contributed by atoms with Crippen molar-refractivity contribution < 1.29 is 27.1 Å². The van der Waals surface area contributed by atoms with E-state index in [9.17, 15) is 22.4 Å². The Labute approximate surface area is 122 Å². The van der Waals surface area contributed by atoms with Crippen LogP contribution in [0.2, 0.25) is 0 Å². The van der Waals surface area contributed by atoms with Gasteiger partial charge in [-0.1, -0.05) is 0 Å². The van der Waals surface area contributed by atoms with E-state index in [1.165, 1.54) is 30.5 Å². The predicted molar refractivity (Wildman–Crippen MR) is 70.1 cm³/mol. The van der Waals surface area contributed by atoms with Crippen LogP contribution >= 0.6 is 0 Å². The van der Waals surface area contributed by atoms with Crippen LogP contribution < -0.4 is 10.1 Å². The van der Waals surface area contributed by atoms with Crippen LogP contribution in [-0.4, -0.2) is 23.7 Å². The Balaban J connectivity index is 2.13. The van der Waals surface area contributed by atoms with Gasteiger partial charge in [0.1, 0.15) is 11.4 Å². The maximum atomic E-state index is 12.8. The summed E-state index contributed by atoms with van der Waals surface area (Å²) in [5.41, 5.74) is 0.132. The normalized spacial score (nSPS) is 11.1. The molecule has 2 rings (SSSR count). The molecule has 0 saturated carbocycles. The molecular formula is C14H10F4N2O2. The van der Waals surface area contributed by atoms with E-state index in [1.54, 1.807) is 0 Å². The van der Waals surface area contributed by atoms with Crippen molar-refractivity contribution in [2.75, 3.05) is 11.9 Å². The van der Waals surface area contributed by atoms with Crippen molar-refractivity contribution >= 4 is 11.6 Å². The highest BCUT2D eigenvalue weighted by atomic mass is 19.4. The number of rotatable bonds is 4. The molecule has 1 aromatic heterocycles. The Bertz CT molecular complexity index is 657. The quantitative estimate of drug-likeness (QED) is 0.880. The standard InChI is InChI=1S/C14H10F4N2O2/c15-9-3-5-10(6-4-9)20-12(21)11-2-1-7-19-13(11)22-8-14(16,17)18/h1-7H,8H2,(H,20,21). The number of hydrogen-bond donors (Lipinski definition) is 1. The zero-order valence-corrected chi connectivity index (χ0v) is 11.0. The summed E-state index contributed by atoms with van der Waals surface area (Å²) in [5, 5.41) is 2.42. The van der Waals surface area contributed by atoms with Gasteiger partial charge in [-0.05, 0) is 36.4 Å². The minimum absolute atomic E-state index is 0.156. The average Bonchev–Trinajstić information content (AvgIpc) is 2.47. The van der Waals surface area contributed by atoms with E-state index >= 15 is 0 Å². The predicted octanol–water partition coefficient (Wildman–Crippen LogP) is 3.41. The fourth-order valence-corrected chi connectivity index (χ4v) is 1.56. The second-order valence-corrected chi connectivity index (χ2v) is 4.22. The van der Waals surface area contributed by atoms with Crippen LogP contribution in [0.1, 0.15) is 10.4 Å². The van der Waals surface area contributed by atoms with Crippen molar-refractivity contribution in [1.29, 1.82) is 0 Å². The number of aromatic nitrogens is 1. The van der Waals surface area contributed by atoms with Crippen molar-refractivity contribution in [2.24, 2.45) is 0 Å². The third-order valence-corrected chi connectivity index (χ3v) is 2.49. The summed E-state index contributed by atoms with van der Waals surface area (Å²) in [7, 11) is 0. The molecule has 1 heterocycles. The van der Waals surface area contributed by atoms with Crippen molar-refractivity contribution in [3.8, 4) is 5.88 Å². The molecule has 0 saturated heterocycles. The summed E-state index contributed by atoms with van der Waals surface area (Å²) in [6.07, 6.45) is -3.33. The van der Waals surface area contributed by atoms with Crippen LogP contribution in [0.4, 0.5) is 23.2 Å². The molecule has 0 aliphatic rings. The number of amides is 1. The first kappa shape index (κ1) is 15.7. The molecule has 0 bridgehead atoms. The van der Waals surface area contributed by atoms with Crippen LogP contribution in [0.5, 0.6) is 5.88 Å². The number of carbonyl (C=O) groups excluding carboxylic acids is 1. The van der Waals surface area contributed by atoms with Gasteiger partial charge in [0.2, 0.25) is 5.88 Å². The Hall–Kier alpha value is -2.64. The Morgan fingerprint density at radius 2 is 1.86 bits per heavy atom. The molecular weight excluding hydrogens is 304 g/mol. The topological polar surface area (TPSA) is 51.2 Å². The summed E-state index contributed by atoms with van der Waals surface area (Å²) in [5.74, 6) is -1.62. The van der Waals surface area contributed by atoms with Gasteiger partial charge in [0.25, 0.3) is 5.91 Å². The first-order valence-electron chi connectivity index (χ1n) is 6.06. The number of halogens is 4. The van der Waals surface area contributed by atoms with Crippen molar-refractivity contribution in [1.82, 2.24) is 4.98 Å². The molecule has 0 aliphatic heterocycles. The molecule has 0 fully saturated rings. The molecule has 0 spiro atoms. The van der Waals surface area contributed by atoms with E-state index in [-0.39, 0.29) is 11.3 Å². The maximum Gasteiger partial charge on any atom is 0.422 e. The lowest BCUT2D eigenvalue weighted by Crippen LogP contribution is -2.21. The highest BCUT2D eigenvalue weighted by Gasteiger charge is 2.29. The van der Waals surface area contributed by atoms with Crippen molar-refractivity contribution in [3.63, 3.8) is 0 Å². The summed E-state index contributed by atoms with van der Waals surface area (Å²) in [4.78, 5) is 15.7. The van der Waals surface area contributed by atoms with Crippen LogP contribution in [0, 0.1) is 5.82 Å². The van der Waals surface area contributed by atoms with E-state index in [0.29, 0.717) is 0 Å². The number of anilines is 1. The molecule has 0 radical (unpaired) electrons. The Kier molecular flexibility index (Phi) is 4.59.